The van der Waals surface area contributed by atoms with Crippen molar-refractivity contribution in [2.45, 2.75) is 6.42 Å². The van der Waals surface area contributed by atoms with Crippen molar-refractivity contribution in [2.75, 3.05) is 13.7 Å². The van der Waals surface area contributed by atoms with Crippen molar-refractivity contribution in [3.8, 4) is 0 Å². The monoisotopic (exact) mass is 336 g/mol. The molecule has 0 unspecified atom stereocenters. The van der Waals surface area contributed by atoms with Gasteiger partial charge in [0.2, 0.25) is 0 Å². The number of rotatable bonds is 6. The van der Waals surface area contributed by atoms with Crippen molar-refractivity contribution in [3.63, 3.8) is 0 Å². The molecular weight excluding hydrogens is 315 g/mol. The fraction of sp³-hybridized carbons (Fsp3) is 0.143. The van der Waals surface area contributed by atoms with Gasteiger partial charge in [0.05, 0.1) is 6.61 Å². The third-order valence-electron chi connectivity index (χ3n) is 4.15. The average Bonchev–Trinajstić information content (AvgIpc) is 2.67. The molecule has 0 atom stereocenters. The Labute approximate surface area is 143 Å². The second-order valence-electron chi connectivity index (χ2n) is 5.65. The van der Waals surface area contributed by atoms with Crippen molar-refractivity contribution in [2.24, 2.45) is 0 Å². The van der Waals surface area contributed by atoms with E-state index in [1.807, 2.05) is 84.9 Å². The molecule has 0 N–H and O–H groups in total. The molecule has 0 aliphatic heterocycles. The molecule has 0 aromatic heterocycles. The number of benzene rings is 3. The zero-order chi connectivity index (χ0) is 16.8. The Morgan fingerprint density at radius 2 is 1.25 bits per heavy atom. The van der Waals surface area contributed by atoms with E-state index >= 15 is 0 Å². The summed E-state index contributed by atoms with van der Waals surface area (Å²) in [6, 6.07) is 27.5. The normalized spacial score (nSPS) is 11.4. The van der Waals surface area contributed by atoms with Crippen LogP contribution in [0.15, 0.2) is 84.9 Å². The van der Waals surface area contributed by atoms with Crippen LogP contribution in [0, 0.1) is 0 Å². The van der Waals surface area contributed by atoms with E-state index in [4.69, 9.17) is 4.74 Å². The number of hydrogen-bond donors (Lipinski definition) is 0. The summed E-state index contributed by atoms with van der Waals surface area (Å²) < 4.78 is 19.6. The number of ether oxygens (including phenoxy) is 1. The Hall–Kier alpha value is -2.15. The molecule has 0 fully saturated rings. The summed E-state index contributed by atoms with van der Waals surface area (Å²) >= 11 is 0. The second-order valence-corrected chi connectivity index (χ2v) is 8.39. The zero-order valence-corrected chi connectivity index (χ0v) is 14.7. The maximum atomic E-state index is 14.4. The van der Waals surface area contributed by atoms with Gasteiger partial charge >= 0.3 is 0 Å². The first-order chi connectivity index (χ1) is 11.8. The molecule has 0 saturated heterocycles. The standard InChI is InChI=1S/C21H21O2P/c1-23-17-16-18-10-8-9-15-21(18)24(22,19-11-4-2-5-12-19)20-13-6-3-7-14-20/h2-15H,16-17H2,1H3. The quantitative estimate of drug-likeness (QED) is 0.644. The highest BCUT2D eigenvalue weighted by atomic mass is 31.2. The van der Waals surface area contributed by atoms with Crippen LogP contribution < -0.4 is 15.9 Å². The van der Waals surface area contributed by atoms with Gasteiger partial charge in [0.25, 0.3) is 0 Å². The highest BCUT2D eigenvalue weighted by Gasteiger charge is 2.31. The minimum Gasteiger partial charge on any atom is -0.384 e. The number of methoxy groups -OCH3 is 1. The van der Waals surface area contributed by atoms with Crippen molar-refractivity contribution in [3.05, 3.63) is 90.5 Å². The lowest BCUT2D eigenvalue weighted by Crippen LogP contribution is -2.27. The van der Waals surface area contributed by atoms with Crippen LogP contribution in [0.2, 0.25) is 0 Å². The maximum absolute atomic E-state index is 14.4. The van der Waals surface area contributed by atoms with E-state index in [2.05, 4.69) is 0 Å². The summed E-state index contributed by atoms with van der Waals surface area (Å²) in [4.78, 5) is 0. The average molecular weight is 336 g/mol. The summed E-state index contributed by atoms with van der Waals surface area (Å²) in [6.45, 7) is 0.612. The molecule has 24 heavy (non-hydrogen) atoms. The van der Waals surface area contributed by atoms with Gasteiger partial charge in [0.15, 0.2) is 7.14 Å². The molecule has 0 aliphatic carbocycles. The van der Waals surface area contributed by atoms with E-state index in [9.17, 15) is 4.57 Å². The van der Waals surface area contributed by atoms with Crippen LogP contribution in [0.4, 0.5) is 0 Å². The second kappa shape index (κ2) is 7.61. The lowest BCUT2D eigenvalue weighted by atomic mass is 10.2. The highest BCUT2D eigenvalue weighted by Crippen LogP contribution is 2.43. The fourth-order valence-corrected chi connectivity index (χ4v) is 5.87. The van der Waals surface area contributed by atoms with Crippen LogP contribution in [-0.4, -0.2) is 13.7 Å². The topological polar surface area (TPSA) is 26.3 Å². The summed E-state index contributed by atoms with van der Waals surface area (Å²) in [5.41, 5.74) is 1.08. The van der Waals surface area contributed by atoms with E-state index in [-0.39, 0.29) is 0 Å². The first-order valence-electron chi connectivity index (χ1n) is 8.05. The van der Waals surface area contributed by atoms with E-state index in [0.29, 0.717) is 6.61 Å². The van der Waals surface area contributed by atoms with Gasteiger partial charge in [0, 0.05) is 23.0 Å². The molecule has 0 aliphatic rings. The summed E-state index contributed by atoms with van der Waals surface area (Å²) in [6.07, 6.45) is 0.746. The van der Waals surface area contributed by atoms with Crippen molar-refractivity contribution < 1.29 is 9.30 Å². The maximum Gasteiger partial charge on any atom is 0.171 e. The molecule has 0 bridgehead atoms. The molecule has 3 rings (SSSR count). The van der Waals surface area contributed by atoms with E-state index in [0.717, 1.165) is 27.9 Å². The lowest BCUT2D eigenvalue weighted by Gasteiger charge is -2.22. The van der Waals surface area contributed by atoms with Gasteiger partial charge in [-0.1, -0.05) is 84.9 Å². The minimum atomic E-state index is -2.91. The first kappa shape index (κ1) is 16.7. The Morgan fingerprint density at radius 3 is 1.79 bits per heavy atom. The SMILES string of the molecule is COCCc1ccccc1P(=O)(c1ccccc1)c1ccccc1. The zero-order valence-electron chi connectivity index (χ0n) is 13.8. The van der Waals surface area contributed by atoms with Crippen LogP contribution in [0.1, 0.15) is 5.56 Å². The molecule has 122 valence electrons. The Morgan fingerprint density at radius 1 is 0.750 bits per heavy atom. The van der Waals surface area contributed by atoms with Gasteiger partial charge in [-0.3, -0.25) is 0 Å². The van der Waals surface area contributed by atoms with Crippen LogP contribution >= 0.6 is 7.14 Å². The summed E-state index contributed by atoms with van der Waals surface area (Å²) in [5, 5.41) is 2.63. The third kappa shape index (κ3) is 3.21. The molecule has 3 heteroatoms. The van der Waals surface area contributed by atoms with Crippen LogP contribution in [0.5, 0.6) is 0 Å². The molecular formula is C21H21O2P. The lowest BCUT2D eigenvalue weighted by molar-refractivity contribution is 0.202. The largest absolute Gasteiger partial charge is 0.384 e. The third-order valence-corrected chi connectivity index (χ3v) is 7.31. The van der Waals surface area contributed by atoms with E-state index in [1.165, 1.54) is 0 Å². The molecule has 3 aromatic carbocycles. The molecule has 0 amide bonds. The van der Waals surface area contributed by atoms with Crippen molar-refractivity contribution in [1.29, 1.82) is 0 Å². The van der Waals surface area contributed by atoms with Gasteiger partial charge < -0.3 is 9.30 Å². The number of hydrogen-bond acceptors (Lipinski definition) is 2. The van der Waals surface area contributed by atoms with Crippen molar-refractivity contribution >= 4 is 23.1 Å². The molecule has 0 heterocycles. The van der Waals surface area contributed by atoms with E-state index in [1.54, 1.807) is 7.11 Å². The van der Waals surface area contributed by atoms with Crippen LogP contribution in [-0.2, 0) is 15.7 Å². The Kier molecular flexibility index (Phi) is 5.30. The highest BCUT2D eigenvalue weighted by molar-refractivity contribution is 7.85. The van der Waals surface area contributed by atoms with E-state index < -0.39 is 7.14 Å². The van der Waals surface area contributed by atoms with Gasteiger partial charge in [0.1, 0.15) is 0 Å². The Bertz CT molecular complexity index is 785. The van der Waals surface area contributed by atoms with Gasteiger partial charge in [-0.25, -0.2) is 0 Å². The van der Waals surface area contributed by atoms with Crippen molar-refractivity contribution in [1.82, 2.24) is 0 Å². The molecule has 3 aromatic rings. The molecule has 2 nitrogen and oxygen atoms in total. The van der Waals surface area contributed by atoms with Crippen LogP contribution in [0.25, 0.3) is 0 Å². The van der Waals surface area contributed by atoms with Gasteiger partial charge in [-0.15, -0.1) is 0 Å². The predicted octanol–water partition coefficient (Wildman–Crippen LogP) is 3.51. The molecule has 0 radical (unpaired) electrons. The summed E-state index contributed by atoms with van der Waals surface area (Å²) in [7, 11) is -1.22. The predicted molar refractivity (Wildman–Crippen MR) is 101 cm³/mol. The minimum absolute atomic E-state index is 0.612. The van der Waals surface area contributed by atoms with Crippen LogP contribution in [0.3, 0.4) is 0 Å². The fourth-order valence-electron chi connectivity index (χ4n) is 2.94. The van der Waals surface area contributed by atoms with Gasteiger partial charge in [-0.05, 0) is 12.0 Å². The van der Waals surface area contributed by atoms with Gasteiger partial charge in [-0.2, -0.15) is 0 Å². The summed E-state index contributed by atoms with van der Waals surface area (Å²) in [5.74, 6) is 0. The molecule has 0 spiro atoms. The molecule has 0 saturated carbocycles. The Balaban J connectivity index is 2.23. The first-order valence-corrected chi connectivity index (χ1v) is 9.76. The smallest absolute Gasteiger partial charge is 0.171 e.